The quantitative estimate of drug-likeness (QED) is 0.00523. The molecule has 101 heavy (non-hydrogen) atoms. The molecule has 0 radical (unpaired) electrons. The molecule has 5 aliphatic rings. The van der Waals surface area contributed by atoms with Crippen molar-refractivity contribution in [3.8, 4) is 22.5 Å². The summed E-state index contributed by atoms with van der Waals surface area (Å²) in [6.07, 6.45) is 4.16. The van der Waals surface area contributed by atoms with Crippen LogP contribution in [-0.4, -0.2) is 252 Å². The van der Waals surface area contributed by atoms with E-state index in [1.807, 2.05) is 99.7 Å². The number of carbonyl (C=O) groups is 7. The summed E-state index contributed by atoms with van der Waals surface area (Å²) in [4.78, 5) is 102. The molecule has 2 aromatic carbocycles. The maximum absolute atomic E-state index is 13.9. The van der Waals surface area contributed by atoms with Gasteiger partial charge in [-0.2, -0.15) is 11.8 Å². The first-order valence-corrected chi connectivity index (χ1v) is 35.7. The number of carbonyl (C=O) groups excluding carboxylic acids is 6. The number of aromatic carboxylic acids is 1. The van der Waals surface area contributed by atoms with Crippen molar-refractivity contribution < 1.29 is 81.4 Å². The number of thioether (sulfide) groups is 1. The molecule has 3 heterocycles. The molecule has 0 bridgehead atoms. The lowest BCUT2D eigenvalue weighted by Gasteiger charge is -2.30. The highest BCUT2D eigenvalue weighted by molar-refractivity contribution is 8.00. The number of aliphatic imine (C=N–C) groups is 1. The second-order valence-corrected chi connectivity index (χ2v) is 27.1. The topological polar surface area (TPSA) is 370 Å². The smallest absolute Gasteiger partial charge is 0.336 e. The first-order valence-electron chi connectivity index (χ1n) is 34.6. The van der Waals surface area contributed by atoms with Crippen LogP contribution in [0.5, 0.6) is 0 Å². The summed E-state index contributed by atoms with van der Waals surface area (Å²) >= 11 is 1.87. The van der Waals surface area contributed by atoms with Gasteiger partial charge in [-0.25, -0.2) is 14.2 Å². The Balaban J connectivity index is 0.833. The van der Waals surface area contributed by atoms with Crippen molar-refractivity contribution in [1.29, 1.82) is 5.53 Å². The number of Topliss-reactive ketones (excluding diaryl/α,β-unsaturated/α-hetero) is 1. The Kier molecular flexibility index (Phi) is 33.5. The van der Waals surface area contributed by atoms with E-state index >= 15 is 0 Å². The molecule has 552 valence electrons. The minimum Gasteiger partial charge on any atom is -0.511 e. The largest absolute Gasteiger partial charge is 0.511 e. The third-order valence-electron chi connectivity index (χ3n) is 17.1. The lowest BCUT2D eigenvalue weighted by molar-refractivity contribution is -0.132. The molecule has 2 aromatic rings. The highest BCUT2D eigenvalue weighted by Gasteiger charge is 2.42. The molecule has 3 aliphatic heterocycles. The van der Waals surface area contributed by atoms with E-state index in [4.69, 9.17) is 48.1 Å². The summed E-state index contributed by atoms with van der Waals surface area (Å²) in [5.74, 6) is -1.27. The van der Waals surface area contributed by atoms with Crippen molar-refractivity contribution in [2.75, 3.05) is 177 Å². The molecule has 6 amide bonds. The van der Waals surface area contributed by atoms with E-state index in [0.29, 0.717) is 130 Å². The van der Waals surface area contributed by atoms with E-state index in [-0.39, 0.29) is 162 Å². The molecule has 30 heteroatoms. The molecule has 7 rings (SSSR count). The molecule has 3 atom stereocenters. The van der Waals surface area contributed by atoms with Crippen LogP contribution in [0.15, 0.2) is 80.5 Å². The fraction of sp³-hybridized carbons (Fsp3) is 0.592. The van der Waals surface area contributed by atoms with Crippen LogP contribution in [0, 0.1) is 10.9 Å². The monoisotopic (exact) mass is 1430 g/mol. The Morgan fingerprint density at radius 1 is 0.713 bits per heavy atom. The maximum atomic E-state index is 13.9. The van der Waals surface area contributed by atoms with Gasteiger partial charge >= 0.3 is 12.0 Å². The van der Waals surface area contributed by atoms with Crippen LogP contribution < -0.4 is 46.3 Å². The predicted molar refractivity (Wildman–Crippen MR) is 382 cm³/mol. The summed E-state index contributed by atoms with van der Waals surface area (Å²) in [6, 6.07) is 16.2. The third-order valence-corrected chi connectivity index (χ3v) is 18.6. The fourth-order valence-corrected chi connectivity index (χ4v) is 13.4. The van der Waals surface area contributed by atoms with Gasteiger partial charge in [-0.15, -0.1) is 0 Å². The minimum absolute atomic E-state index is 0.00629. The SMILES string of the molecule is CN(C)c1ccc2c(-c3ccc(C(=O)NCCC(=O)N(CCOCCOCCOCCN=[N+]=N)CCC(=O)NCCCN=C(CCOCCOCCOCCOCCNC(=O)CCCC[C@@H]4SC[C@@H]5NC(=O)N[C@@H]54)C4=C(O)CC(C)(C)CC4=O)cc3C(=O)O)c3ccc(=[N+](C)C)cc-3oc2c1. The summed E-state index contributed by atoms with van der Waals surface area (Å²) < 4.78 is 47.8. The molecule has 0 unspecified atom stereocenters. The Bertz CT molecular complexity index is 3590. The van der Waals surface area contributed by atoms with Gasteiger partial charge in [-0.3, -0.25) is 29.0 Å². The minimum atomic E-state index is -1.24. The Labute approximate surface area is 593 Å². The number of aliphatic hydroxyl groups excluding tert-OH is 1. The lowest BCUT2D eigenvalue weighted by atomic mass is 9.75. The number of amides is 6. The lowest BCUT2D eigenvalue weighted by Crippen LogP contribution is -2.39. The number of ether oxygens (including phenoxy) is 7. The van der Waals surface area contributed by atoms with Crippen LogP contribution >= 0.6 is 11.8 Å². The number of hydrogen-bond donors (Lipinski definition) is 8. The van der Waals surface area contributed by atoms with E-state index in [9.17, 15) is 43.8 Å². The number of allylic oxidation sites excluding steroid dienone is 2. The van der Waals surface area contributed by atoms with Crippen LogP contribution in [-0.2, 0) is 52.3 Å². The van der Waals surface area contributed by atoms with Gasteiger partial charge < -0.3 is 84.2 Å². The number of unbranched alkanes of at least 4 members (excludes halogenated alkanes) is 1. The van der Waals surface area contributed by atoms with E-state index < -0.39 is 17.3 Å². The predicted octanol–water partition coefficient (Wildman–Crippen LogP) is 5.39. The van der Waals surface area contributed by atoms with Gasteiger partial charge in [0.1, 0.15) is 48.4 Å². The molecular weight excluding hydrogens is 1320 g/mol. The number of fused-ring (bicyclic) bond motifs is 3. The number of aliphatic hydroxyl groups is 1. The number of nitrogens with one attached hydrogen (secondary N) is 6. The fourth-order valence-electron chi connectivity index (χ4n) is 11.9. The Morgan fingerprint density at radius 2 is 1.38 bits per heavy atom. The average Bonchev–Trinajstić information content (AvgIpc) is 1.25. The molecule has 29 nitrogen and oxygen atoms in total. The van der Waals surface area contributed by atoms with Gasteiger partial charge in [0.15, 0.2) is 5.78 Å². The number of anilines is 1. The number of rotatable bonds is 47. The number of ketones is 1. The van der Waals surface area contributed by atoms with E-state index in [1.54, 1.807) is 12.1 Å². The van der Waals surface area contributed by atoms with Crippen LogP contribution in [0.4, 0.5) is 10.5 Å². The first kappa shape index (κ1) is 80.1. The van der Waals surface area contributed by atoms with E-state index in [0.717, 1.165) is 36.1 Å². The van der Waals surface area contributed by atoms with Crippen LogP contribution in [0.1, 0.15) is 98.8 Å². The summed E-state index contributed by atoms with van der Waals surface area (Å²) in [5.41, 5.74) is 10.0. The van der Waals surface area contributed by atoms with Crippen molar-refractivity contribution >= 4 is 75.5 Å². The molecule has 0 spiro atoms. The number of hydrogen-bond acceptors (Lipinski definition) is 21. The molecular formula is C71H102N12O17S+2. The zero-order valence-corrected chi connectivity index (χ0v) is 60.0. The summed E-state index contributed by atoms with van der Waals surface area (Å²) in [7, 11) is 7.67. The molecule has 2 fully saturated rings. The van der Waals surface area contributed by atoms with Gasteiger partial charge in [0.25, 0.3) is 5.91 Å². The van der Waals surface area contributed by atoms with Crippen LogP contribution in [0.25, 0.3) is 33.4 Å². The maximum Gasteiger partial charge on any atom is 0.336 e. The Morgan fingerprint density at radius 3 is 2.06 bits per heavy atom. The van der Waals surface area contributed by atoms with Gasteiger partial charge in [0.05, 0.1) is 127 Å². The second-order valence-electron chi connectivity index (χ2n) is 25.8. The number of carboxylic acid groups (broad SMARTS) is 1. The number of benzene rings is 3. The van der Waals surface area contributed by atoms with Crippen molar-refractivity contribution in [2.24, 2.45) is 15.5 Å². The summed E-state index contributed by atoms with van der Waals surface area (Å²) in [6.45, 7) is 9.16. The molecule has 0 saturated carbocycles. The van der Waals surface area contributed by atoms with Crippen LogP contribution in [0.2, 0.25) is 0 Å². The second kappa shape index (κ2) is 42.3. The highest BCUT2D eigenvalue weighted by Crippen LogP contribution is 2.43. The van der Waals surface area contributed by atoms with Crippen molar-refractivity contribution in [3.05, 3.63) is 82.4 Å². The van der Waals surface area contributed by atoms with Crippen molar-refractivity contribution in [2.45, 2.75) is 95.4 Å². The molecule has 2 aliphatic carbocycles. The van der Waals surface area contributed by atoms with E-state index in [2.05, 4.69) is 36.6 Å². The first-order chi connectivity index (χ1) is 48.7. The third kappa shape index (κ3) is 26.3. The highest BCUT2D eigenvalue weighted by atomic mass is 32.2. The average molecular weight is 1430 g/mol. The zero-order chi connectivity index (χ0) is 72.5. The van der Waals surface area contributed by atoms with Crippen molar-refractivity contribution in [1.82, 2.24) is 41.0 Å². The van der Waals surface area contributed by atoms with Gasteiger partial charge in [0, 0.05) is 143 Å². The zero-order valence-electron chi connectivity index (χ0n) is 59.2. The normalized spacial score (nSPS) is 16.4. The molecule has 2 saturated heterocycles. The van der Waals surface area contributed by atoms with Crippen molar-refractivity contribution in [3.63, 3.8) is 0 Å². The number of carboxylic acids is 1. The van der Waals surface area contributed by atoms with Gasteiger partial charge in [0.2, 0.25) is 28.0 Å². The van der Waals surface area contributed by atoms with E-state index in [1.165, 1.54) is 11.0 Å². The molecule has 0 aromatic heterocycles. The van der Waals surface area contributed by atoms with Crippen LogP contribution in [0.3, 0.4) is 0 Å². The summed E-state index contributed by atoms with van der Waals surface area (Å²) in [5, 5.41) is 41.8. The number of urea groups is 1. The van der Waals surface area contributed by atoms with Gasteiger partial charge in [-0.05, 0) is 60.6 Å². The standard InChI is InChI=1S/C71H100N12O17S/c1-71(2)45-57(84)66(58(85)46-71)55(20-28-93-32-36-97-40-41-99-37-33-94-29-24-75-62(86)11-8-7-10-61-67-56(47-101-61)78-70(92)79-67)73-21-9-22-74-63(87)19-26-83(27-31-96-35-39-98-38-34-95-30-25-77-80-72)64(88)18-23-76-68(89)48-12-15-51(54(42-48)69(90)91)65-52-16-13-49(81(3)4)43-59(52)100-60-44-50(82(5)6)14-17-53(60)65/h12-17,42-44,56,61,67,72H,7-11,18-41,45-47H2,1-6H3,(H5-2,73,74,75,76,78,79,84,85,86,87,89,90,91,92)/p+2/t56-,61-,67-/m0/s1. The van der Waals surface area contributed by atoms with Gasteiger partial charge in [-0.1, -0.05) is 26.3 Å². The number of nitrogens with zero attached hydrogens (tertiary/aromatic N) is 6. The Hall–Kier alpha value is -8.19. The molecule has 8 N–H and O–H groups in total.